The zero-order valence-electron chi connectivity index (χ0n) is 13.7. The molecule has 130 valence electrons. The van der Waals surface area contributed by atoms with Gasteiger partial charge in [-0.05, 0) is 31.4 Å². The minimum absolute atomic E-state index is 0.0868. The topological polar surface area (TPSA) is 71.6 Å². The number of fused-ring (bicyclic) bond motifs is 1. The normalized spacial score (nSPS) is 15.1. The van der Waals surface area contributed by atoms with Crippen LogP contribution in [-0.2, 0) is 24.2 Å². The molecule has 25 heavy (non-hydrogen) atoms. The minimum atomic E-state index is -1.06. The third-order valence-electron chi connectivity index (χ3n) is 4.53. The summed E-state index contributed by atoms with van der Waals surface area (Å²) in [6, 6.07) is 5.57. The van der Waals surface area contributed by atoms with Crippen LogP contribution in [0.15, 0.2) is 18.2 Å². The number of carbonyl (C=O) groups excluding carboxylic acids is 1. The van der Waals surface area contributed by atoms with Gasteiger partial charge in [0.25, 0.3) is 0 Å². The predicted octanol–water partition coefficient (Wildman–Crippen LogP) is 3.09. The Kier molecular flexibility index (Phi) is 5.17. The number of aromatic nitrogens is 3. The molecule has 0 spiro atoms. The molecule has 1 aliphatic rings. The number of benzene rings is 1. The van der Waals surface area contributed by atoms with E-state index in [2.05, 4.69) is 10.2 Å². The molecule has 5 nitrogen and oxygen atoms in total. The van der Waals surface area contributed by atoms with Gasteiger partial charge < -0.3 is 4.57 Å². The second-order valence-corrected chi connectivity index (χ2v) is 6.17. The Hall–Kier alpha value is -2.62. The first kappa shape index (κ1) is 17.2. The Morgan fingerprint density at radius 1 is 1.24 bits per heavy atom. The van der Waals surface area contributed by atoms with Crippen molar-refractivity contribution < 1.29 is 13.6 Å². The Morgan fingerprint density at radius 2 is 2.00 bits per heavy atom. The molecule has 1 aliphatic heterocycles. The number of hydrogen-bond donors (Lipinski definition) is 0. The van der Waals surface area contributed by atoms with Crippen molar-refractivity contribution in [2.45, 2.75) is 51.0 Å². The zero-order chi connectivity index (χ0) is 17.8. The fourth-order valence-corrected chi connectivity index (χ4v) is 3.16. The van der Waals surface area contributed by atoms with E-state index in [4.69, 9.17) is 0 Å². The van der Waals surface area contributed by atoms with Crippen molar-refractivity contribution in [2.75, 3.05) is 0 Å². The average molecular weight is 344 g/mol. The summed E-state index contributed by atoms with van der Waals surface area (Å²) in [5.41, 5.74) is -0.132. The monoisotopic (exact) mass is 344 g/mol. The average Bonchev–Trinajstić information content (AvgIpc) is 2.83. The Morgan fingerprint density at radius 3 is 2.72 bits per heavy atom. The van der Waals surface area contributed by atoms with Gasteiger partial charge in [-0.15, -0.1) is 10.2 Å². The summed E-state index contributed by atoms with van der Waals surface area (Å²) < 4.78 is 29.2. The van der Waals surface area contributed by atoms with Gasteiger partial charge >= 0.3 is 0 Å². The first-order valence-corrected chi connectivity index (χ1v) is 8.39. The number of nitrogens with zero attached hydrogens (tertiary/aromatic N) is 4. The molecule has 0 bridgehead atoms. The lowest BCUT2D eigenvalue weighted by Crippen LogP contribution is -2.18. The number of hydrogen-bond acceptors (Lipinski definition) is 4. The number of halogens is 2. The molecule has 0 amide bonds. The van der Waals surface area contributed by atoms with E-state index in [0.717, 1.165) is 43.6 Å². The molecule has 1 atom stereocenters. The van der Waals surface area contributed by atoms with Gasteiger partial charge in [-0.3, -0.25) is 4.79 Å². The van der Waals surface area contributed by atoms with Gasteiger partial charge in [0.15, 0.2) is 17.5 Å². The van der Waals surface area contributed by atoms with E-state index in [0.29, 0.717) is 12.4 Å². The maximum atomic E-state index is 13.7. The van der Waals surface area contributed by atoms with Crippen LogP contribution in [0.3, 0.4) is 0 Å². The molecule has 0 N–H and O–H groups in total. The molecule has 1 unspecified atom stereocenters. The van der Waals surface area contributed by atoms with Crippen LogP contribution in [0.5, 0.6) is 0 Å². The Labute approximate surface area is 144 Å². The second-order valence-electron chi connectivity index (χ2n) is 6.17. The molecule has 0 fully saturated rings. The fraction of sp³-hybridized carbons (Fsp3) is 0.444. The lowest BCUT2D eigenvalue weighted by molar-refractivity contribution is -0.119. The van der Waals surface area contributed by atoms with Gasteiger partial charge in [0.05, 0.1) is 6.07 Å². The standard InChI is InChI=1S/C18H18F2N4O/c19-14-5-4-6-15(20)12(14)8-9-16(25)13(11-21)18-23-22-17-7-2-1-3-10-24(17)18/h4-6,13H,1-3,7-10H2. The van der Waals surface area contributed by atoms with E-state index in [-0.39, 0.29) is 18.4 Å². The minimum Gasteiger partial charge on any atom is -0.313 e. The molecule has 0 saturated carbocycles. The third kappa shape index (κ3) is 3.58. The van der Waals surface area contributed by atoms with Gasteiger partial charge in [0, 0.05) is 24.9 Å². The highest BCUT2D eigenvalue weighted by atomic mass is 19.1. The molecule has 1 aromatic carbocycles. The van der Waals surface area contributed by atoms with E-state index in [9.17, 15) is 18.8 Å². The molecule has 7 heteroatoms. The summed E-state index contributed by atoms with van der Waals surface area (Å²) >= 11 is 0. The summed E-state index contributed by atoms with van der Waals surface area (Å²) in [7, 11) is 0. The molecular weight excluding hydrogens is 326 g/mol. The Balaban J connectivity index is 1.77. The number of rotatable bonds is 5. The quantitative estimate of drug-likeness (QED) is 0.835. The van der Waals surface area contributed by atoms with Gasteiger partial charge in [-0.2, -0.15) is 5.26 Å². The highest BCUT2D eigenvalue weighted by Crippen LogP contribution is 2.23. The van der Waals surface area contributed by atoms with Crippen molar-refractivity contribution in [3.63, 3.8) is 0 Å². The van der Waals surface area contributed by atoms with Gasteiger partial charge in [0.2, 0.25) is 0 Å². The SMILES string of the molecule is N#CC(C(=O)CCc1c(F)cccc1F)c1nnc2n1CCCCC2. The van der Waals surface area contributed by atoms with Crippen molar-refractivity contribution in [1.29, 1.82) is 5.26 Å². The molecule has 2 aromatic rings. The van der Waals surface area contributed by atoms with Crippen LogP contribution in [0, 0.1) is 23.0 Å². The molecular formula is C18H18F2N4O. The van der Waals surface area contributed by atoms with E-state index in [1.807, 2.05) is 10.6 Å². The van der Waals surface area contributed by atoms with Crippen LogP contribution < -0.4 is 0 Å². The smallest absolute Gasteiger partial charge is 0.164 e. The van der Waals surface area contributed by atoms with Crippen molar-refractivity contribution in [3.05, 3.63) is 47.0 Å². The van der Waals surface area contributed by atoms with Crippen LogP contribution in [0.4, 0.5) is 8.78 Å². The largest absolute Gasteiger partial charge is 0.313 e. The van der Waals surface area contributed by atoms with Crippen molar-refractivity contribution in [1.82, 2.24) is 14.8 Å². The molecule has 0 saturated heterocycles. The van der Waals surface area contributed by atoms with Crippen molar-refractivity contribution in [2.24, 2.45) is 0 Å². The third-order valence-corrected chi connectivity index (χ3v) is 4.53. The number of Topliss-reactive ketones (excluding diaryl/α,β-unsaturated/α-hetero) is 1. The number of carbonyl (C=O) groups is 1. The van der Waals surface area contributed by atoms with E-state index >= 15 is 0 Å². The van der Waals surface area contributed by atoms with Gasteiger partial charge in [-0.25, -0.2) is 8.78 Å². The molecule has 2 heterocycles. The van der Waals surface area contributed by atoms with E-state index < -0.39 is 23.3 Å². The maximum Gasteiger partial charge on any atom is 0.164 e. The summed E-state index contributed by atoms with van der Waals surface area (Å²) in [6.07, 6.45) is 3.59. The van der Waals surface area contributed by atoms with Crippen LogP contribution in [0.25, 0.3) is 0 Å². The van der Waals surface area contributed by atoms with Crippen LogP contribution in [0.2, 0.25) is 0 Å². The van der Waals surface area contributed by atoms with Gasteiger partial charge in [-0.1, -0.05) is 12.5 Å². The van der Waals surface area contributed by atoms with Crippen LogP contribution in [0.1, 0.15) is 48.8 Å². The summed E-state index contributed by atoms with van der Waals surface area (Å²) in [5, 5.41) is 17.6. The summed E-state index contributed by atoms with van der Waals surface area (Å²) in [4.78, 5) is 12.5. The van der Waals surface area contributed by atoms with Crippen LogP contribution in [-0.4, -0.2) is 20.5 Å². The number of nitriles is 1. The number of ketones is 1. The van der Waals surface area contributed by atoms with E-state index in [1.54, 1.807) is 0 Å². The second kappa shape index (κ2) is 7.51. The summed E-state index contributed by atoms with van der Waals surface area (Å²) in [6.45, 7) is 0.686. The number of aryl methyl sites for hydroxylation is 1. The van der Waals surface area contributed by atoms with E-state index in [1.165, 1.54) is 6.07 Å². The molecule has 0 aliphatic carbocycles. The lowest BCUT2D eigenvalue weighted by Gasteiger charge is -2.11. The van der Waals surface area contributed by atoms with Crippen molar-refractivity contribution >= 4 is 5.78 Å². The molecule has 1 aromatic heterocycles. The molecule has 0 radical (unpaired) electrons. The van der Waals surface area contributed by atoms with Gasteiger partial charge in [0.1, 0.15) is 17.5 Å². The summed E-state index contributed by atoms with van der Waals surface area (Å²) in [5.74, 6) is -1.69. The first-order valence-electron chi connectivity index (χ1n) is 8.39. The lowest BCUT2D eigenvalue weighted by atomic mass is 9.97. The fourth-order valence-electron chi connectivity index (χ4n) is 3.16. The molecule has 3 rings (SSSR count). The highest BCUT2D eigenvalue weighted by Gasteiger charge is 2.28. The Bertz CT molecular complexity index is 805. The van der Waals surface area contributed by atoms with Crippen molar-refractivity contribution in [3.8, 4) is 6.07 Å². The highest BCUT2D eigenvalue weighted by molar-refractivity contribution is 5.87. The first-order chi connectivity index (χ1) is 12.1. The predicted molar refractivity (Wildman–Crippen MR) is 85.6 cm³/mol. The zero-order valence-corrected chi connectivity index (χ0v) is 13.7. The van der Waals surface area contributed by atoms with Crippen LogP contribution >= 0.6 is 0 Å². The maximum absolute atomic E-state index is 13.7.